The van der Waals surface area contributed by atoms with Gasteiger partial charge < -0.3 is 5.73 Å². The lowest BCUT2D eigenvalue weighted by atomic mass is 10.2. The zero-order valence-electron chi connectivity index (χ0n) is 5.78. The van der Waals surface area contributed by atoms with Crippen molar-refractivity contribution in [1.82, 2.24) is 0 Å². The summed E-state index contributed by atoms with van der Waals surface area (Å²) in [7, 11) is 0. The molecular formula is C7H8N2OS. The number of benzene rings is 1. The van der Waals surface area contributed by atoms with E-state index in [1.807, 2.05) is 0 Å². The van der Waals surface area contributed by atoms with Gasteiger partial charge in [-0.25, -0.2) is 0 Å². The Morgan fingerprint density at radius 1 is 1.45 bits per heavy atom. The largest absolute Gasteiger partial charge is 0.398 e. The molecule has 0 bridgehead atoms. The van der Waals surface area contributed by atoms with Crippen molar-refractivity contribution in [3.63, 3.8) is 0 Å². The third-order valence-corrected chi connectivity index (χ3v) is 1.91. The van der Waals surface area contributed by atoms with Crippen molar-refractivity contribution in [2.24, 2.45) is 5.14 Å². The molecular weight excluding hydrogens is 160 g/mol. The van der Waals surface area contributed by atoms with Crippen LogP contribution in [-0.2, 0) is 0 Å². The third kappa shape index (κ3) is 1.72. The lowest BCUT2D eigenvalue weighted by molar-refractivity contribution is 0.112. The van der Waals surface area contributed by atoms with Gasteiger partial charge in [-0.3, -0.25) is 9.93 Å². The molecule has 58 valence electrons. The number of aldehydes is 1. The van der Waals surface area contributed by atoms with Crippen LogP contribution in [0.3, 0.4) is 0 Å². The fourth-order valence-corrected chi connectivity index (χ4v) is 1.13. The SMILES string of the molecule is NSc1cc(C=O)ccc1N. The molecule has 0 saturated carbocycles. The van der Waals surface area contributed by atoms with Gasteiger partial charge in [-0.05, 0) is 30.1 Å². The number of carbonyl (C=O) groups is 1. The minimum Gasteiger partial charge on any atom is -0.398 e. The summed E-state index contributed by atoms with van der Waals surface area (Å²) in [5, 5.41) is 5.29. The van der Waals surface area contributed by atoms with Gasteiger partial charge in [0.2, 0.25) is 0 Å². The van der Waals surface area contributed by atoms with Gasteiger partial charge in [-0.15, -0.1) is 0 Å². The summed E-state index contributed by atoms with van der Waals surface area (Å²) in [5.41, 5.74) is 6.73. The zero-order valence-corrected chi connectivity index (χ0v) is 6.60. The second-order valence-electron chi connectivity index (χ2n) is 2.03. The van der Waals surface area contributed by atoms with Crippen molar-refractivity contribution in [3.8, 4) is 0 Å². The Kier molecular flexibility index (Phi) is 2.51. The van der Waals surface area contributed by atoms with Crippen LogP contribution in [0, 0.1) is 0 Å². The molecule has 1 rings (SSSR count). The monoisotopic (exact) mass is 168 g/mol. The van der Waals surface area contributed by atoms with Crippen molar-refractivity contribution >= 4 is 23.9 Å². The van der Waals surface area contributed by atoms with Gasteiger partial charge in [0.25, 0.3) is 0 Å². The van der Waals surface area contributed by atoms with Gasteiger partial charge in [0, 0.05) is 16.1 Å². The molecule has 0 heterocycles. The topological polar surface area (TPSA) is 69.1 Å². The number of carbonyl (C=O) groups excluding carboxylic acids is 1. The molecule has 1 aromatic carbocycles. The van der Waals surface area contributed by atoms with E-state index in [9.17, 15) is 4.79 Å². The Hall–Kier alpha value is -1.00. The van der Waals surface area contributed by atoms with Crippen LogP contribution in [0.25, 0.3) is 0 Å². The summed E-state index contributed by atoms with van der Waals surface area (Å²) in [5.74, 6) is 0. The average Bonchev–Trinajstić information content (AvgIpc) is 2.05. The molecule has 0 unspecified atom stereocenters. The molecule has 0 radical (unpaired) electrons. The normalized spacial score (nSPS) is 9.55. The molecule has 0 atom stereocenters. The summed E-state index contributed by atoms with van der Waals surface area (Å²) < 4.78 is 0. The van der Waals surface area contributed by atoms with Crippen LogP contribution in [0.4, 0.5) is 5.69 Å². The van der Waals surface area contributed by atoms with Gasteiger partial charge >= 0.3 is 0 Å². The summed E-state index contributed by atoms with van der Waals surface area (Å²) in [4.78, 5) is 11.0. The highest BCUT2D eigenvalue weighted by Gasteiger charge is 1.98. The quantitative estimate of drug-likeness (QED) is 0.393. The predicted octanol–water partition coefficient (Wildman–Crippen LogP) is 1.05. The summed E-state index contributed by atoms with van der Waals surface area (Å²) in [6.07, 6.45) is 0.763. The second-order valence-corrected chi connectivity index (χ2v) is 2.71. The number of hydrogen-bond donors (Lipinski definition) is 2. The summed E-state index contributed by atoms with van der Waals surface area (Å²) >= 11 is 1.04. The molecule has 0 aliphatic rings. The second kappa shape index (κ2) is 3.41. The highest BCUT2D eigenvalue weighted by atomic mass is 32.2. The Bertz CT molecular complexity index is 275. The standard InChI is InChI=1S/C7H8N2OS/c8-6-2-1-5(4-10)3-7(6)11-9/h1-4H,8-9H2. The maximum Gasteiger partial charge on any atom is 0.150 e. The Morgan fingerprint density at radius 2 is 2.18 bits per heavy atom. The van der Waals surface area contributed by atoms with Crippen molar-refractivity contribution < 1.29 is 4.79 Å². The highest BCUT2D eigenvalue weighted by Crippen LogP contribution is 2.20. The molecule has 4 heteroatoms. The maximum absolute atomic E-state index is 10.3. The van der Waals surface area contributed by atoms with Crippen molar-refractivity contribution in [2.45, 2.75) is 4.90 Å². The van der Waals surface area contributed by atoms with Gasteiger partial charge in [0.1, 0.15) is 6.29 Å². The Labute approximate surface area is 68.9 Å². The molecule has 0 aliphatic heterocycles. The van der Waals surface area contributed by atoms with Crippen LogP contribution in [0.5, 0.6) is 0 Å². The first kappa shape index (κ1) is 8.10. The number of hydrogen-bond acceptors (Lipinski definition) is 4. The first-order valence-corrected chi connectivity index (χ1v) is 3.87. The molecule has 0 amide bonds. The van der Waals surface area contributed by atoms with E-state index in [1.54, 1.807) is 18.2 Å². The molecule has 0 aliphatic carbocycles. The van der Waals surface area contributed by atoms with Gasteiger partial charge in [0.15, 0.2) is 0 Å². The molecule has 4 N–H and O–H groups in total. The lowest BCUT2D eigenvalue weighted by Gasteiger charge is -2.00. The van der Waals surface area contributed by atoms with E-state index in [4.69, 9.17) is 10.9 Å². The average molecular weight is 168 g/mol. The van der Waals surface area contributed by atoms with E-state index in [0.717, 1.165) is 23.1 Å². The number of nitrogen functional groups attached to an aromatic ring is 1. The van der Waals surface area contributed by atoms with Crippen LogP contribution >= 0.6 is 11.9 Å². The fourth-order valence-electron chi connectivity index (χ4n) is 0.726. The van der Waals surface area contributed by atoms with Crippen LogP contribution in [-0.4, -0.2) is 6.29 Å². The lowest BCUT2D eigenvalue weighted by Crippen LogP contribution is -1.92. The highest BCUT2D eigenvalue weighted by molar-refractivity contribution is 7.97. The number of rotatable bonds is 2. The number of anilines is 1. The van der Waals surface area contributed by atoms with Crippen LogP contribution in [0.1, 0.15) is 10.4 Å². The van der Waals surface area contributed by atoms with Crippen molar-refractivity contribution in [2.75, 3.05) is 5.73 Å². The molecule has 11 heavy (non-hydrogen) atoms. The first-order valence-electron chi connectivity index (χ1n) is 2.99. The maximum atomic E-state index is 10.3. The molecule has 3 nitrogen and oxygen atoms in total. The molecule has 0 saturated heterocycles. The first-order chi connectivity index (χ1) is 5.27. The minimum absolute atomic E-state index is 0.590. The van der Waals surface area contributed by atoms with E-state index in [0.29, 0.717) is 11.3 Å². The van der Waals surface area contributed by atoms with E-state index in [2.05, 4.69) is 0 Å². The van der Waals surface area contributed by atoms with Crippen molar-refractivity contribution in [1.29, 1.82) is 0 Å². The van der Waals surface area contributed by atoms with E-state index < -0.39 is 0 Å². The molecule has 1 aromatic rings. The zero-order chi connectivity index (χ0) is 8.27. The van der Waals surface area contributed by atoms with Crippen molar-refractivity contribution in [3.05, 3.63) is 23.8 Å². The smallest absolute Gasteiger partial charge is 0.150 e. The van der Waals surface area contributed by atoms with E-state index in [1.165, 1.54) is 0 Å². The number of nitrogens with two attached hydrogens (primary N) is 2. The van der Waals surface area contributed by atoms with Crippen LogP contribution < -0.4 is 10.9 Å². The van der Waals surface area contributed by atoms with Gasteiger partial charge in [-0.2, -0.15) is 0 Å². The van der Waals surface area contributed by atoms with Gasteiger partial charge in [-0.1, -0.05) is 0 Å². The minimum atomic E-state index is 0.590. The predicted molar refractivity (Wildman–Crippen MR) is 46.3 cm³/mol. The van der Waals surface area contributed by atoms with E-state index >= 15 is 0 Å². The summed E-state index contributed by atoms with van der Waals surface area (Å²) in [6, 6.07) is 4.98. The molecule has 0 fully saturated rings. The Morgan fingerprint density at radius 3 is 2.73 bits per heavy atom. The molecule has 0 aromatic heterocycles. The van der Waals surface area contributed by atoms with Crippen LogP contribution in [0.2, 0.25) is 0 Å². The van der Waals surface area contributed by atoms with Gasteiger partial charge in [0.05, 0.1) is 0 Å². The Balaban J connectivity index is 3.12. The third-order valence-electron chi connectivity index (χ3n) is 1.30. The summed E-state index contributed by atoms with van der Waals surface area (Å²) in [6.45, 7) is 0. The van der Waals surface area contributed by atoms with E-state index in [-0.39, 0.29) is 0 Å². The fraction of sp³-hybridized carbons (Fsp3) is 0. The molecule has 0 spiro atoms. The van der Waals surface area contributed by atoms with Crippen LogP contribution in [0.15, 0.2) is 23.1 Å².